The number of rotatable bonds is 0. The quantitative estimate of drug-likeness (QED) is 0.624. The van der Waals surface area contributed by atoms with Crippen molar-refractivity contribution in [2.24, 2.45) is 0 Å². The first-order valence-corrected chi connectivity index (χ1v) is 5.77. The van der Waals surface area contributed by atoms with Crippen molar-refractivity contribution >= 4 is 11.0 Å². The Hall–Kier alpha value is -1.57. The van der Waals surface area contributed by atoms with Gasteiger partial charge in [0.15, 0.2) is 0 Å². The molecule has 0 bridgehead atoms. The minimum Gasteiger partial charge on any atom is -0.423 e. The topological polar surface area (TPSA) is 30.2 Å². The summed E-state index contributed by atoms with van der Waals surface area (Å²) in [5.41, 5.74) is 1.04. The number of hydrogen-bond acceptors (Lipinski definition) is 2. The van der Waals surface area contributed by atoms with Crippen molar-refractivity contribution in [3.63, 3.8) is 0 Å². The maximum atomic E-state index is 11.1. The minimum absolute atomic E-state index is 0.256. The monoisotopic (exact) mass is 220 g/mol. The number of para-hydroxylation sites is 1. The van der Waals surface area contributed by atoms with Gasteiger partial charge < -0.3 is 4.42 Å². The summed E-state index contributed by atoms with van der Waals surface area (Å²) in [6, 6.07) is 9.31. The molecule has 0 N–H and O–H groups in total. The van der Waals surface area contributed by atoms with E-state index in [1.165, 1.54) is 0 Å². The molecule has 2 aromatic rings. The molecule has 0 fully saturated rings. The summed E-state index contributed by atoms with van der Waals surface area (Å²) in [6.07, 6.45) is 0. The Morgan fingerprint density at radius 1 is 1.00 bits per heavy atom. The van der Waals surface area contributed by atoms with E-state index >= 15 is 0 Å². The molecule has 88 valence electrons. The summed E-state index contributed by atoms with van der Waals surface area (Å²) in [5, 5.41) is 0.967. The highest BCUT2D eigenvalue weighted by atomic mass is 16.4. The first-order valence-electron chi connectivity index (χ1n) is 5.77. The van der Waals surface area contributed by atoms with Gasteiger partial charge in [-0.15, -0.1) is 0 Å². The van der Waals surface area contributed by atoms with E-state index in [1.54, 1.807) is 13.0 Å². The maximum absolute atomic E-state index is 11.1. The standard InChI is InChI=1S/C10H8O2.2C2H6/c1-7-6-8-4-2-3-5-9(8)12-10(7)11;2*1-2/h2-6H,1H3;2*1-2H3. The van der Waals surface area contributed by atoms with Crippen molar-refractivity contribution in [2.45, 2.75) is 34.6 Å². The van der Waals surface area contributed by atoms with Crippen LogP contribution in [0.3, 0.4) is 0 Å². The summed E-state index contributed by atoms with van der Waals surface area (Å²) < 4.78 is 5.04. The van der Waals surface area contributed by atoms with Gasteiger partial charge in [-0.25, -0.2) is 4.79 Å². The Morgan fingerprint density at radius 3 is 2.19 bits per heavy atom. The molecule has 2 rings (SSSR count). The molecule has 0 aliphatic carbocycles. The van der Waals surface area contributed by atoms with Crippen LogP contribution in [0, 0.1) is 6.92 Å². The van der Waals surface area contributed by atoms with Crippen molar-refractivity contribution in [2.75, 3.05) is 0 Å². The van der Waals surface area contributed by atoms with Crippen LogP contribution in [0.5, 0.6) is 0 Å². The smallest absolute Gasteiger partial charge is 0.339 e. The van der Waals surface area contributed by atoms with Gasteiger partial charge in [0.05, 0.1) is 0 Å². The fourth-order valence-electron chi connectivity index (χ4n) is 1.17. The third-order valence-electron chi connectivity index (χ3n) is 1.82. The molecule has 0 atom stereocenters. The molecule has 16 heavy (non-hydrogen) atoms. The highest BCUT2D eigenvalue weighted by Crippen LogP contribution is 2.11. The molecule has 0 unspecified atom stereocenters. The van der Waals surface area contributed by atoms with Gasteiger partial charge in [0.2, 0.25) is 0 Å². The third kappa shape index (κ3) is 3.54. The number of aryl methyl sites for hydroxylation is 1. The van der Waals surface area contributed by atoms with Crippen LogP contribution < -0.4 is 5.63 Å². The summed E-state index contributed by atoms with van der Waals surface area (Å²) in [5.74, 6) is 0. The van der Waals surface area contributed by atoms with Crippen LogP contribution in [-0.2, 0) is 0 Å². The van der Waals surface area contributed by atoms with Gasteiger partial charge in [0, 0.05) is 10.9 Å². The number of fused-ring (bicyclic) bond motifs is 1. The maximum Gasteiger partial charge on any atom is 0.339 e. The van der Waals surface area contributed by atoms with Gasteiger partial charge in [0.1, 0.15) is 5.58 Å². The van der Waals surface area contributed by atoms with Crippen LogP contribution in [0.2, 0.25) is 0 Å². The minimum atomic E-state index is -0.256. The summed E-state index contributed by atoms with van der Waals surface area (Å²) >= 11 is 0. The molecule has 0 aliphatic rings. The molecule has 0 radical (unpaired) electrons. The molecule has 0 aliphatic heterocycles. The Labute approximate surface area is 96.9 Å². The summed E-state index contributed by atoms with van der Waals surface area (Å²) in [7, 11) is 0. The largest absolute Gasteiger partial charge is 0.423 e. The van der Waals surface area contributed by atoms with Crippen LogP contribution >= 0.6 is 0 Å². The highest BCUT2D eigenvalue weighted by Gasteiger charge is 1.98. The molecule has 1 aromatic carbocycles. The Kier molecular flexibility index (Phi) is 6.93. The Morgan fingerprint density at radius 2 is 1.56 bits per heavy atom. The number of benzene rings is 1. The first-order chi connectivity index (χ1) is 7.77. The van der Waals surface area contributed by atoms with Crippen LogP contribution in [0.25, 0.3) is 11.0 Å². The molecule has 1 aromatic heterocycles. The van der Waals surface area contributed by atoms with E-state index in [-0.39, 0.29) is 5.63 Å². The van der Waals surface area contributed by atoms with Crippen LogP contribution in [0.15, 0.2) is 39.5 Å². The summed E-state index contributed by atoms with van der Waals surface area (Å²) in [4.78, 5) is 11.1. The van der Waals surface area contributed by atoms with E-state index in [0.29, 0.717) is 11.1 Å². The van der Waals surface area contributed by atoms with Crippen LogP contribution in [0.1, 0.15) is 33.3 Å². The fraction of sp³-hybridized carbons (Fsp3) is 0.357. The lowest BCUT2D eigenvalue weighted by molar-refractivity contribution is 0.555. The predicted molar refractivity (Wildman–Crippen MR) is 69.9 cm³/mol. The molecule has 1 heterocycles. The van der Waals surface area contributed by atoms with E-state index in [1.807, 2.05) is 52.0 Å². The van der Waals surface area contributed by atoms with E-state index in [9.17, 15) is 4.79 Å². The van der Waals surface area contributed by atoms with Gasteiger partial charge in [-0.1, -0.05) is 45.9 Å². The number of hydrogen-bond donors (Lipinski definition) is 0. The van der Waals surface area contributed by atoms with Crippen LogP contribution in [0.4, 0.5) is 0 Å². The van der Waals surface area contributed by atoms with Gasteiger partial charge in [-0.3, -0.25) is 0 Å². The molecule has 2 nitrogen and oxygen atoms in total. The summed E-state index contributed by atoms with van der Waals surface area (Å²) in [6.45, 7) is 9.75. The van der Waals surface area contributed by atoms with Crippen molar-refractivity contribution in [1.82, 2.24) is 0 Å². The molecule has 0 saturated heterocycles. The van der Waals surface area contributed by atoms with E-state index < -0.39 is 0 Å². The Balaban J connectivity index is 0.000000509. The normalized spacial score (nSPS) is 8.56. The molecular formula is C14H20O2. The fourth-order valence-corrected chi connectivity index (χ4v) is 1.17. The van der Waals surface area contributed by atoms with Crippen molar-refractivity contribution in [3.8, 4) is 0 Å². The second-order valence-corrected chi connectivity index (χ2v) is 2.75. The Bertz CT molecular complexity index is 469. The predicted octanol–water partition coefficient (Wildman–Crippen LogP) is 4.15. The lowest BCUT2D eigenvalue weighted by atomic mass is 10.2. The van der Waals surface area contributed by atoms with Crippen molar-refractivity contribution in [1.29, 1.82) is 0 Å². The van der Waals surface area contributed by atoms with E-state index in [0.717, 1.165) is 5.39 Å². The van der Waals surface area contributed by atoms with Crippen molar-refractivity contribution < 1.29 is 4.42 Å². The van der Waals surface area contributed by atoms with E-state index in [2.05, 4.69) is 0 Å². The van der Waals surface area contributed by atoms with Gasteiger partial charge in [0.25, 0.3) is 0 Å². The third-order valence-corrected chi connectivity index (χ3v) is 1.82. The second-order valence-electron chi connectivity index (χ2n) is 2.75. The average molecular weight is 220 g/mol. The lowest BCUT2D eigenvalue weighted by Gasteiger charge is -1.95. The first kappa shape index (κ1) is 14.4. The molecule has 0 saturated carbocycles. The van der Waals surface area contributed by atoms with E-state index in [4.69, 9.17) is 4.42 Å². The van der Waals surface area contributed by atoms with Gasteiger partial charge >= 0.3 is 5.63 Å². The van der Waals surface area contributed by atoms with Crippen LogP contribution in [-0.4, -0.2) is 0 Å². The molecule has 2 heteroatoms. The molecule has 0 amide bonds. The zero-order valence-electron chi connectivity index (χ0n) is 10.7. The zero-order chi connectivity index (χ0) is 12.6. The highest BCUT2D eigenvalue weighted by molar-refractivity contribution is 5.76. The SMILES string of the molecule is CC.CC.Cc1cc2ccccc2oc1=O. The second kappa shape index (κ2) is 7.69. The molecular weight excluding hydrogens is 200 g/mol. The van der Waals surface area contributed by atoms with Gasteiger partial charge in [-0.2, -0.15) is 0 Å². The van der Waals surface area contributed by atoms with Gasteiger partial charge in [-0.05, 0) is 19.1 Å². The van der Waals surface area contributed by atoms with Crippen molar-refractivity contribution in [3.05, 3.63) is 46.3 Å². The zero-order valence-corrected chi connectivity index (χ0v) is 10.7. The lowest BCUT2D eigenvalue weighted by Crippen LogP contribution is -2.01. The average Bonchev–Trinajstić information content (AvgIpc) is 2.36. The molecule has 0 spiro atoms.